The van der Waals surface area contributed by atoms with Crippen molar-refractivity contribution in [1.29, 1.82) is 0 Å². The van der Waals surface area contributed by atoms with Gasteiger partial charge in [-0.1, -0.05) is 67.3 Å². The Morgan fingerprint density at radius 1 is 0.880 bits per heavy atom. The van der Waals surface area contributed by atoms with Gasteiger partial charge in [-0.05, 0) is 25.8 Å². The van der Waals surface area contributed by atoms with Crippen LogP contribution in [0.4, 0.5) is 0 Å². The summed E-state index contributed by atoms with van der Waals surface area (Å²) in [4.78, 5) is 27.8. The third-order valence-electron chi connectivity index (χ3n) is 5.16. The highest BCUT2D eigenvalue weighted by Gasteiger charge is 2.26. The second kappa shape index (κ2) is 7.64. The third kappa shape index (κ3) is 3.81. The molecule has 0 unspecified atom stereocenters. The first-order chi connectivity index (χ1) is 12.1. The molecule has 3 nitrogen and oxygen atoms in total. The predicted octanol–water partition coefficient (Wildman–Crippen LogP) is 4.63. The Bertz CT molecular complexity index is 758. The molecule has 3 heteroatoms. The van der Waals surface area contributed by atoms with E-state index in [0.29, 0.717) is 16.7 Å². The average molecular weight is 335 g/mol. The first kappa shape index (κ1) is 17.4. The zero-order valence-electron chi connectivity index (χ0n) is 15.0. The van der Waals surface area contributed by atoms with Gasteiger partial charge in [-0.2, -0.15) is 0 Å². The van der Waals surface area contributed by atoms with Gasteiger partial charge in [0, 0.05) is 24.2 Å². The van der Waals surface area contributed by atoms with Crippen molar-refractivity contribution in [2.24, 2.45) is 0 Å². The molecule has 0 aliphatic heterocycles. The van der Waals surface area contributed by atoms with Crippen molar-refractivity contribution in [2.45, 2.75) is 45.1 Å². The van der Waals surface area contributed by atoms with Gasteiger partial charge in [0.15, 0.2) is 5.78 Å². The van der Waals surface area contributed by atoms with Crippen LogP contribution < -0.4 is 0 Å². The summed E-state index contributed by atoms with van der Waals surface area (Å²) in [6.45, 7) is 1.99. The fourth-order valence-electron chi connectivity index (χ4n) is 3.55. The number of hydrogen-bond donors (Lipinski definition) is 0. The van der Waals surface area contributed by atoms with E-state index in [1.807, 2.05) is 55.3 Å². The molecule has 0 radical (unpaired) electrons. The first-order valence-electron chi connectivity index (χ1n) is 9.05. The summed E-state index contributed by atoms with van der Waals surface area (Å²) in [5.74, 6) is -0.149. The monoisotopic (exact) mass is 335 g/mol. The number of amides is 1. The van der Waals surface area contributed by atoms with Gasteiger partial charge in [-0.3, -0.25) is 9.59 Å². The van der Waals surface area contributed by atoms with E-state index in [9.17, 15) is 9.59 Å². The van der Waals surface area contributed by atoms with Crippen molar-refractivity contribution >= 4 is 11.7 Å². The smallest absolute Gasteiger partial charge is 0.254 e. The van der Waals surface area contributed by atoms with E-state index in [2.05, 4.69) is 0 Å². The normalized spacial score (nSPS) is 15.0. The highest BCUT2D eigenvalue weighted by molar-refractivity contribution is 6.15. The number of benzene rings is 2. The van der Waals surface area contributed by atoms with Gasteiger partial charge >= 0.3 is 0 Å². The maximum absolute atomic E-state index is 13.0. The minimum Gasteiger partial charge on any atom is -0.339 e. The molecule has 0 saturated heterocycles. The number of rotatable bonds is 4. The minimum absolute atomic E-state index is 0.0528. The summed E-state index contributed by atoms with van der Waals surface area (Å²) in [6.07, 6.45) is 5.70. The maximum atomic E-state index is 13.0. The van der Waals surface area contributed by atoms with Crippen molar-refractivity contribution in [3.8, 4) is 0 Å². The lowest BCUT2D eigenvalue weighted by Crippen LogP contribution is -2.38. The zero-order chi connectivity index (χ0) is 17.8. The van der Waals surface area contributed by atoms with Crippen LogP contribution in [0.25, 0.3) is 0 Å². The van der Waals surface area contributed by atoms with E-state index in [0.717, 1.165) is 18.4 Å². The van der Waals surface area contributed by atoms with Crippen LogP contribution in [-0.2, 0) is 0 Å². The third-order valence-corrected chi connectivity index (χ3v) is 5.16. The molecule has 3 rings (SSSR count). The van der Waals surface area contributed by atoms with Crippen LogP contribution in [-0.4, -0.2) is 29.7 Å². The van der Waals surface area contributed by atoms with Gasteiger partial charge < -0.3 is 4.90 Å². The second-order valence-corrected chi connectivity index (χ2v) is 6.95. The van der Waals surface area contributed by atoms with Crippen LogP contribution >= 0.6 is 0 Å². The van der Waals surface area contributed by atoms with Crippen LogP contribution in [0.15, 0.2) is 48.5 Å². The molecule has 2 aromatic carbocycles. The van der Waals surface area contributed by atoms with Crippen molar-refractivity contribution < 1.29 is 9.59 Å². The van der Waals surface area contributed by atoms with Gasteiger partial charge in [-0.25, -0.2) is 0 Å². The van der Waals surface area contributed by atoms with E-state index in [1.165, 1.54) is 19.3 Å². The molecule has 0 N–H and O–H groups in total. The van der Waals surface area contributed by atoms with Gasteiger partial charge in [-0.15, -0.1) is 0 Å². The predicted molar refractivity (Wildman–Crippen MR) is 100 cm³/mol. The lowest BCUT2D eigenvalue weighted by Gasteiger charge is -2.31. The van der Waals surface area contributed by atoms with E-state index in [-0.39, 0.29) is 17.7 Å². The van der Waals surface area contributed by atoms with Gasteiger partial charge in [0.05, 0.1) is 5.56 Å². The average Bonchev–Trinajstić information content (AvgIpc) is 2.67. The SMILES string of the molecule is Cc1ccc(C(=O)c2ccccc2C(=O)N(C)C2CCCCC2)cc1. The van der Waals surface area contributed by atoms with E-state index < -0.39 is 0 Å². The largest absolute Gasteiger partial charge is 0.339 e. The van der Waals surface area contributed by atoms with Gasteiger partial charge in [0.2, 0.25) is 0 Å². The van der Waals surface area contributed by atoms with Crippen LogP contribution in [0, 0.1) is 6.92 Å². The lowest BCUT2D eigenvalue weighted by molar-refractivity contribution is 0.0692. The topological polar surface area (TPSA) is 37.4 Å². The molecule has 0 heterocycles. The Labute approximate surface area is 149 Å². The molecule has 1 saturated carbocycles. The van der Waals surface area contributed by atoms with E-state index in [4.69, 9.17) is 0 Å². The fourth-order valence-corrected chi connectivity index (χ4v) is 3.55. The van der Waals surface area contributed by atoms with Crippen molar-refractivity contribution in [3.63, 3.8) is 0 Å². The molecule has 1 aliphatic rings. The molecule has 0 bridgehead atoms. The minimum atomic E-state index is -0.0963. The fraction of sp³-hybridized carbons (Fsp3) is 0.364. The number of nitrogens with zero attached hydrogens (tertiary/aromatic N) is 1. The van der Waals surface area contributed by atoms with E-state index in [1.54, 1.807) is 12.1 Å². The lowest BCUT2D eigenvalue weighted by atomic mass is 9.93. The summed E-state index contributed by atoms with van der Waals surface area (Å²) in [5.41, 5.74) is 2.71. The molecule has 0 aromatic heterocycles. The molecule has 130 valence electrons. The quantitative estimate of drug-likeness (QED) is 0.764. The molecule has 1 fully saturated rings. The summed E-state index contributed by atoms with van der Waals surface area (Å²) in [5, 5.41) is 0. The standard InChI is InChI=1S/C22H25NO2/c1-16-12-14-17(15-13-16)21(24)19-10-6-7-11-20(19)22(25)23(2)18-8-4-3-5-9-18/h6-7,10-15,18H,3-5,8-9H2,1-2H3. The van der Waals surface area contributed by atoms with Crippen molar-refractivity contribution in [2.75, 3.05) is 7.05 Å². The molecule has 0 spiro atoms. The van der Waals surface area contributed by atoms with Crippen LogP contribution in [0.3, 0.4) is 0 Å². The van der Waals surface area contributed by atoms with Crippen LogP contribution in [0.1, 0.15) is 63.9 Å². The maximum Gasteiger partial charge on any atom is 0.254 e. The zero-order valence-corrected chi connectivity index (χ0v) is 15.0. The summed E-state index contributed by atoms with van der Waals surface area (Å²) in [7, 11) is 1.87. The molecule has 1 amide bonds. The molecular formula is C22H25NO2. The molecule has 1 aliphatic carbocycles. The van der Waals surface area contributed by atoms with E-state index >= 15 is 0 Å². The van der Waals surface area contributed by atoms with Crippen molar-refractivity contribution in [3.05, 3.63) is 70.8 Å². The summed E-state index contributed by atoms with van der Waals surface area (Å²) in [6, 6.07) is 14.9. The molecule has 0 atom stereocenters. The number of carbonyl (C=O) groups excluding carboxylic acids is 2. The van der Waals surface area contributed by atoms with Gasteiger partial charge in [0.25, 0.3) is 5.91 Å². The Kier molecular flexibility index (Phi) is 5.32. The molecular weight excluding hydrogens is 310 g/mol. The van der Waals surface area contributed by atoms with Crippen LogP contribution in [0.2, 0.25) is 0 Å². The Morgan fingerprint density at radius 3 is 2.12 bits per heavy atom. The Balaban J connectivity index is 1.88. The molecule has 2 aromatic rings. The second-order valence-electron chi connectivity index (χ2n) is 6.95. The summed E-state index contributed by atoms with van der Waals surface area (Å²) < 4.78 is 0. The number of hydrogen-bond acceptors (Lipinski definition) is 2. The number of carbonyl (C=O) groups is 2. The van der Waals surface area contributed by atoms with Gasteiger partial charge in [0.1, 0.15) is 0 Å². The van der Waals surface area contributed by atoms with Crippen molar-refractivity contribution in [1.82, 2.24) is 4.90 Å². The summed E-state index contributed by atoms with van der Waals surface area (Å²) >= 11 is 0. The Morgan fingerprint density at radius 2 is 1.48 bits per heavy atom. The highest BCUT2D eigenvalue weighted by atomic mass is 16.2. The Hall–Kier alpha value is -2.42. The number of aryl methyl sites for hydroxylation is 1. The first-order valence-corrected chi connectivity index (χ1v) is 9.05. The van der Waals surface area contributed by atoms with Crippen LogP contribution in [0.5, 0.6) is 0 Å². The number of ketones is 1. The molecule has 25 heavy (non-hydrogen) atoms. The highest BCUT2D eigenvalue weighted by Crippen LogP contribution is 2.24.